The van der Waals surface area contributed by atoms with Gasteiger partial charge in [0.05, 0.1) is 0 Å². The minimum absolute atomic E-state index is 0.223. The van der Waals surface area contributed by atoms with Gasteiger partial charge in [-0.2, -0.15) is 0 Å². The van der Waals surface area contributed by atoms with Crippen LogP contribution >= 0.6 is 0 Å². The van der Waals surface area contributed by atoms with E-state index < -0.39 is 0 Å². The molecule has 1 fully saturated rings. The summed E-state index contributed by atoms with van der Waals surface area (Å²) in [5.74, 6) is 0.494. The van der Waals surface area contributed by atoms with E-state index in [1.807, 2.05) is 36.4 Å². The SMILES string of the molecule is CN.Nc1ncccc1/C(=C/CN1CCCCC1CCO)c1ccc(C=O)cc1. The van der Waals surface area contributed by atoms with Crippen LogP contribution in [0.25, 0.3) is 5.57 Å². The van der Waals surface area contributed by atoms with Crippen LogP contribution in [0.15, 0.2) is 48.7 Å². The molecule has 1 saturated heterocycles. The number of aldehydes is 1. The first-order valence-corrected chi connectivity index (χ1v) is 10.1. The van der Waals surface area contributed by atoms with Gasteiger partial charge in [-0.1, -0.05) is 36.8 Å². The molecule has 0 aliphatic carbocycles. The van der Waals surface area contributed by atoms with Gasteiger partial charge in [0.25, 0.3) is 0 Å². The quantitative estimate of drug-likeness (QED) is 0.622. The highest BCUT2D eigenvalue weighted by molar-refractivity contribution is 5.85. The third-order valence-electron chi connectivity index (χ3n) is 5.23. The lowest BCUT2D eigenvalue weighted by molar-refractivity contribution is 0.112. The van der Waals surface area contributed by atoms with Crippen molar-refractivity contribution < 1.29 is 9.90 Å². The summed E-state index contributed by atoms with van der Waals surface area (Å²) in [4.78, 5) is 17.6. The van der Waals surface area contributed by atoms with Gasteiger partial charge in [0.2, 0.25) is 0 Å². The van der Waals surface area contributed by atoms with Gasteiger partial charge in [0.15, 0.2) is 0 Å². The number of nitrogens with two attached hydrogens (primary N) is 2. The Bertz CT molecular complexity index is 788. The van der Waals surface area contributed by atoms with Crippen molar-refractivity contribution in [3.05, 3.63) is 65.4 Å². The molecule has 1 atom stereocenters. The number of rotatable bonds is 7. The van der Waals surface area contributed by atoms with E-state index in [9.17, 15) is 9.90 Å². The fourth-order valence-electron chi connectivity index (χ4n) is 3.75. The molecule has 0 radical (unpaired) electrons. The molecule has 1 unspecified atom stereocenters. The molecular weight excluding hydrogens is 364 g/mol. The number of pyridine rings is 1. The van der Waals surface area contributed by atoms with Crippen LogP contribution in [0.5, 0.6) is 0 Å². The molecular formula is C23H32N4O2. The van der Waals surface area contributed by atoms with Gasteiger partial charge in [-0.05, 0) is 56.1 Å². The van der Waals surface area contributed by atoms with E-state index in [1.165, 1.54) is 19.9 Å². The van der Waals surface area contributed by atoms with E-state index in [4.69, 9.17) is 5.73 Å². The average molecular weight is 397 g/mol. The smallest absolute Gasteiger partial charge is 0.150 e. The number of benzene rings is 1. The number of nitrogens with zero attached hydrogens (tertiary/aromatic N) is 2. The van der Waals surface area contributed by atoms with Gasteiger partial charge in [-0.3, -0.25) is 9.69 Å². The van der Waals surface area contributed by atoms with Crippen molar-refractivity contribution in [2.75, 3.05) is 32.5 Å². The Hall–Kier alpha value is -2.54. The summed E-state index contributed by atoms with van der Waals surface area (Å²) in [6.07, 6.45) is 9.08. The van der Waals surface area contributed by atoms with Crippen molar-refractivity contribution in [1.82, 2.24) is 9.88 Å². The number of aromatic nitrogens is 1. The summed E-state index contributed by atoms with van der Waals surface area (Å²) in [6, 6.07) is 11.8. The number of carbonyl (C=O) groups excluding carboxylic acids is 1. The van der Waals surface area contributed by atoms with Crippen molar-refractivity contribution in [2.24, 2.45) is 5.73 Å². The lowest BCUT2D eigenvalue weighted by Crippen LogP contribution is -2.40. The Balaban J connectivity index is 0.00000145. The number of carbonyl (C=O) groups is 1. The number of hydrogen-bond donors (Lipinski definition) is 3. The van der Waals surface area contributed by atoms with E-state index in [0.717, 1.165) is 48.9 Å². The lowest BCUT2D eigenvalue weighted by Gasteiger charge is -2.35. The van der Waals surface area contributed by atoms with Crippen LogP contribution in [0.3, 0.4) is 0 Å². The molecule has 156 valence electrons. The number of aliphatic hydroxyl groups is 1. The number of aliphatic hydroxyl groups excluding tert-OH is 1. The topological polar surface area (TPSA) is 105 Å². The molecule has 6 nitrogen and oxygen atoms in total. The standard InChI is InChI=1S/C22H27N3O2.CH5N/c23-22-21(5-3-12-24-22)20(18-8-6-17(16-27)7-9-18)10-14-25-13-2-1-4-19(25)11-15-26;1-2/h3,5-10,12,16,19,26H,1-2,4,11,13-15H2,(H2,23,24);2H2,1H3/b20-10+;. The molecule has 0 spiro atoms. The van der Waals surface area contributed by atoms with E-state index in [2.05, 4.69) is 21.7 Å². The van der Waals surface area contributed by atoms with Crippen LogP contribution in [0.1, 0.15) is 47.2 Å². The number of likely N-dealkylation sites (tertiary alicyclic amines) is 1. The molecule has 1 aromatic carbocycles. The summed E-state index contributed by atoms with van der Waals surface area (Å²) in [5.41, 5.74) is 14.2. The lowest BCUT2D eigenvalue weighted by atomic mass is 9.95. The maximum Gasteiger partial charge on any atom is 0.150 e. The van der Waals surface area contributed by atoms with Crippen LogP contribution < -0.4 is 11.5 Å². The zero-order valence-electron chi connectivity index (χ0n) is 17.1. The first-order chi connectivity index (χ1) is 14.2. The highest BCUT2D eigenvalue weighted by Gasteiger charge is 2.21. The van der Waals surface area contributed by atoms with Gasteiger partial charge in [-0.25, -0.2) is 4.98 Å². The molecule has 0 saturated carbocycles. The van der Waals surface area contributed by atoms with Crippen molar-refractivity contribution >= 4 is 17.7 Å². The fourth-order valence-corrected chi connectivity index (χ4v) is 3.75. The molecule has 6 heteroatoms. The van der Waals surface area contributed by atoms with Crippen LogP contribution in [0, 0.1) is 0 Å². The summed E-state index contributed by atoms with van der Waals surface area (Å²) >= 11 is 0. The zero-order chi connectivity index (χ0) is 21.1. The average Bonchev–Trinajstić information content (AvgIpc) is 2.78. The molecule has 0 bridgehead atoms. The van der Waals surface area contributed by atoms with Crippen LogP contribution in [-0.2, 0) is 0 Å². The minimum atomic E-state index is 0.223. The summed E-state index contributed by atoms with van der Waals surface area (Å²) in [7, 11) is 1.50. The van der Waals surface area contributed by atoms with Crippen LogP contribution in [0.2, 0.25) is 0 Å². The first kappa shape index (κ1) is 22.7. The molecule has 1 aliphatic heterocycles. The fraction of sp³-hybridized carbons (Fsp3) is 0.391. The normalized spacial score (nSPS) is 17.3. The second kappa shape index (κ2) is 12.1. The molecule has 2 aromatic rings. The predicted octanol–water partition coefficient (Wildman–Crippen LogP) is 2.72. The maximum atomic E-state index is 11.0. The molecule has 0 amide bonds. The Morgan fingerprint density at radius 3 is 2.66 bits per heavy atom. The Labute approximate surface area is 173 Å². The molecule has 5 N–H and O–H groups in total. The predicted molar refractivity (Wildman–Crippen MR) is 119 cm³/mol. The van der Waals surface area contributed by atoms with Gasteiger partial charge >= 0.3 is 0 Å². The Morgan fingerprint density at radius 1 is 1.24 bits per heavy atom. The van der Waals surface area contributed by atoms with E-state index in [0.29, 0.717) is 17.4 Å². The van der Waals surface area contributed by atoms with Crippen molar-refractivity contribution in [3.63, 3.8) is 0 Å². The van der Waals surface area contributed by atoms with E-state index >= 15 is 0 Å². The molecule has 1 aliphatic rings. The third kappa shape index (κ3) is 6.22. The number of hydrogen-bond acceptors (Lipinski definition) is 6. The van der Waals surface area contributed by atoms with E-state index in [1.54, 1.807) is 6.20 Å². The Morgan fingerprint density at radius 2 is 2.00 bits per heavy atom. The number of nitrogen functional groups attached to an aromatic ring is 1. The summed E-state index contributed by atoms with van der Waals surface area (Å²) < 4.78 is 0. The molecule has 29 heavy (non-hydrogen) atoms. The minimum Gasteiger partial charge on any atom is -0.396 e. The van der Waals surface area contributed by atoms with E-state index in [-0.39, 0.29) is 6.61 Å². The zero-order valence-corrected chi connectivity index (χ0v) is 17.1. The van der Waals surface area contributed by atoms with Gasteiger partial charge in [0.1, 0.15) is 12.1 Å². The van der Waals surface area contributed by atoms with Gasteiger partial charge < -0.3 is 16.6 Å². The van der Waals surface area contributed by atoms with Gasteiger partial charge in [-0.15, -0.1) is 0 Å². The number of piperidine rings is 1. The third-order valence-corrected chi connectivity index (χ3v) is 5.23. The van der Waals surface area contributed by atoms with Crippen molar-refractivity contribution in [1.29, 1.82) is 0 Å². The van der Waals surface area contributed by atoms with Crippen LogP contribution in [0.4, 0.5) is 5.82 Å². The molecule has 3 rings (SSSR count). The first-order valence-electron chi connectivity index (χ1n) is 10.1. The second-order valence-electron chi connectivity index (χ2n) is 6.95. The summed E-state index contributed by atoms with van der Waals surface area (Å²) in [6.45, 7) is 2.06. The van der Waals surface area contributed by atoms with Crippen molar-refractivity contribution in [2.45, 2.75) is 31.7 Å². The molecule has 1 aromatic heterocycles. The number of anilines is 1. The monoisotopic (exact) mass is 396 g/mol. The highest BCUT2D eigenvalue weighted by Crippen LogP contribution is 2.28. The largest absolute Gasteiger partial charge is 0.396 e. The second-order valence-corrected chi connectivity index (χ2v) is 6.95. The van der Waals surface area contributed by atoms with Crippen LogP contribution in [-0.4, -0.2) is 54.1 Å². The highest BCUT2D eigenvalue weighted by atomic mass is 16.3. The Kier molecular flexibility index (Phi) is 9.50. The molecule has 2 heterocycles. The van der Waals surface area contributed by atoms with Gasteiger partial charge in [0, 0.05) is 36.5 Å². The summed E-state index contributed by atoms with van der Waals surface area (Å²) in [5, 5.41) is 9.36. The van der Waals surface area contributed by atoms with Crippen molar-refractivity contribution in [3.8, 4) is 0 Å². The maximum absolute atomic E-state index is 11.0.